The molecule has 20 heavy (non-hydrogen) atoms. The van der Waals surface area contributed by atoms with Gasteiger partial charge in [-0.3, -0.25) is 0 Å². The molecule has 0 saturated heterocycles. The normalized spacial score (nSPS) is 14.6. The Morgan fingerprint density at radius 1 is 1.35 bits per heavy atom. The zero-order valence-corrected chi connectivity index (χ0v) is 13.9. The van der Waals surface area contributed by atoms with Gasteiger partial charge in [0.1, 0.15) is 0 Å². The van der Waals surface area contributed by atoms with Gasteiger partial charge >= 0.3 is 5.97 Å². The average molecular weight is 282 g/mol. The standard InChI is InChI=1S/C17H30O3/c1-7-20-17(4,5)12-8-9-14(2)10-11-15(3)13-16(18)19-6/h10-11,13-14H,7-9,12H2,1-6H3. The Balaban J connectivity index is 4.08. The third-order valence-corrected chi connectivity index (χ3v) is 3.21. The molecule has 0 N–H and O–H groups in total. The molecule has 0 fully saturated rings. The summed E-state index contributed by atoms with van der Waals surface area (Å²) in [4.78, 5) is 11.1. The molecule has 0 rings (SSSR count). The van der Waals surface area contributed by atoms with Crippen LogP contribution in [0.25, 0.3) is 0 Å². The second kappa shape index (κ2) is 9.76. The summed E-state index contributed by atoms with van der Waals surface area (Å²) in [5, 5.41) is 0. The highest BCUT2D eigenvalue weighted by atomic mass is 16.5. The quantitative estimate of drug-likeness (QED) is 0.359. The van der Waals surface area contributed by atoms with E-state index in [0.717, 1.165) is 31.4 Å². The van der Waals surface area contributed by atoms with E-state index in [2.05, 4.69) is 31.6 Å². The topological polar surface area (TPSA) is 35.5 Å². The number of hydrogen-bond acceptors (Lipinski definition) is 3. The molecule has 116 valence electrons. The molecule has 1 atom stereocenters. The highest BCUT2D eigenvalue weighted by Gasteiger charge is 2.16. The summed E-state index contributed by atoms with van der Waals surface area (Å²) in [6.07, 6.45) is 8.95. The molecule has 0 aliphatic rings. The summed E-state index contributed by atoms with van der Waals surface area (Å²) < 4.78 is 10.3. The molecule has 0 aromatic rings. The molecular weight excluding hydrogens is 252 g/mol. The molecule has 0 radical (unpaired) electrons. The van der Waals surface area contributed by atoms with E-state index in [1.165, 1.54) is 13.2 Å². The summed E-state index contributed by atoms with van der Waals surface area (Å²) in [7, 11) is 1.39. The number of carbonyl (C=O) groups excluding carboxylic acids is 1. The van der Waals surface area contributed by atoms with Gasteiger partial charge in [-0.25, -0.2) is 4.79 Å². The fourth-order valence-electron chi connectivity index (χ4n) is 2.02. The van der Waals surface area contributed by atoms with Crippen molar-refractivity contribution in [3.63, 3.8) is 0 Å². The molecule has 0 saturated carbocycles. The van der Waals surface area contributed by atoms with Gasteiger partial charge in [0.2, 0.25) is 0 Å². The van der Waals surface area contributed by atoms with Crippen LogP contribution < -0.4 is 0 Å². The molecule has 3 heteroatoms. The molecule has 0 heterocycles. The zero-order chi connectivity index (χ0) is 15.6. The lowest BCUT2D eigenvalue weighted by Gasteiger charge is -2.24. The Morgan fingerprint density at radius 3 is 2.55 bits per heavy atom. The molecule has 0 aromatic carbocycles. The maximum atomic E-state index is 11.1. The Hall–Kier alpha value is -1.09. The van der Waals surface area contributed by atoms with Crippen LogP contribution in [0.1, 0.15) is 53.9 Å². The molecule has 0 aliphatic heterocycles. The minimum absolute atomic E-state index is 0.0289. The number of rotatable bonds is 9. The maximum absolute atomic E-state index is 11.1. The third kappa shape index (κ3) is 9.79. The van der Waals surface area contributed by atoms with Gasteiger partial charge in [-0.2, -0.15) is 0 Å². The first kappa shape index (κ1) is 18.9. The van der Waals surface area contributed by atoms with Crippen LogP contribution in [0.4, 0.5) is 0 Å². The molecule has 3 nitrogen and oxygen atoms in total. The zero-order valence-electron chi connectivity index (χ0n) is 13.9. The first-order chi connectivity index (χ1) is 9.30. The number of esters is 1. The van der Waals surface area contributed by atoms with Crippen LogP contribution in [-0.2, 0) is 14.3 Å². The van der Waals surface area contributed by atoms with Crippen molar-refractivity contribution in [1.82, 2.24) is 0 Å². The Labute approximate surface area is 124 Å². The predicted molar refractivity (Wildman–Crippen MR) is 83.6 cm³/mol. The summed E-state index contributed by atoms with van der Waals surface area (Å²) >= 11 is 0. The Kier molecular flexibility index (Phi) is 9.23. The minimum atomic E-state index is -0.307. The summed E-state index contributed by atoms with van der Waals surface area (Å²) in [6.45, 7) is 11.2. The van der Waals surface area contributed by atoms with Crippen LogP contribution in [0, 0.1) is 5.92 Å². The number of allylic oxidation sites excluding steroid dienone is 3. The van der Waals surface area contributed by atoms with Crippen molar-refractivity contribution in [2.24, 2.45) is 5.92 Å². The second-order valence-corrected chi connectivity index (χ2v) is 5.83. The summed E-state index contributed by atoms with van der Waals surface area (Å²) in [5.41, 5.74) is 0.886. The van der Waals surface area contributed by atoms with Crippen molar-refractivity contribution in [2.45, 2.75) is 59.5 Å². The van der Waals surface area contributed by atoms with E-state index in [0.29, 0.717) is 5.92 Å². The van der Waals surface area contributed by atoms with Crippen LogP contribution in [0.15, 0.2) is 23.8 Å². The van der Waals surface area contributed by atoms with Gasteiger partial charge in [-0.1, -0.05) is 25.5 Å². The second-order valence-electron chi connectivity index (χ2n) is 5.83. The lowest BCUT2D eigenvalue weighted by atomic mass is 9.96. The van der Waals surface area contributed by atoms with Crippen molar-refractivity contribution in [1.29, 1.82) is 0 Å². The van der Waals surface area contributed by atoms with Crippen LogP contribution in [0.3, 0.4) is 0 Å². The van der Waals surface area contributed by atoms with Gasteiger partial charge in [-0.15, -0.1) is 0 Å². The van der Waals surface area contributed by atoms with Crippen molar-refractivity contribution in [2.75, 3.05) is 13.7 Å². The minimum Gasteiger partial charge on any atom is -0.466 e. The molecule has 0 spiro atoms. The summed E-state index contributed by atoms with van der Waals surface area (Å²) in [6, 6.07) is 0. The predicted octanol–water partition coefficient (Wildman–Crippen LogP) is 4.28. The summed E-state index contributed by atoms with van der Waals surface area (Å²) in [5.74, 6) is 0.187. The number of hydrogen-bond donors (Lipinski definition) is 0. The lowest BCUT2D eigenvalue weighted by molar-refractivity contribution is -0.134. The number of methoxy groups -OCH3 is 1. The molecule has 0 aliphatic carbocycles. The number of ether oxygens (including phenoxy) is 2. The first-order valence-electron chi connectivity index (χ1n) is 7.39. The largest absolute Gasteiger partial charge is 0.466 e. The fourth-order valence-corrected chi connectivity index (χ4v) is 2.02. The SMILES string of the molecule is CCOC(C)(C)CCCC(C)C=CC(C)=CC(=O)OC. The van der Waals surface area contributed by atoms with E-state index in [4.69, 9.17) is 4.74 Å². The van der Waals surface area contributed by atoms with Gasteiger partial charge in [0.15, 0.2) is 0 Å². The molecule has 1 unspecified atom stereocenters. The average Bonchev–Trinajstić information content (AvgIpc) is 2.35. The first-order valence-corrected chi connectivity index (χ1v) is 7.39. The van der Waals surface area contributed by atoms with E-state index >= 15 is 0 Å². The van der Waals surface area contributed by atoms with Crippen LogP contribution in [0.5, 0.6) is 0 Å². The van der Waals surface area contributed by atoms with E-state index in [9.17, 15) is 4.79 Å². The van der Waals surface area contributed by atoms with Crippen molar-refractivity contribution < 1.29 is 14.3 Å². The molecule has 0 amide bonds. The van der Waals surface area contributed by atoms with Crippen LogP contribution in [0.2, 0.25) is 0 Å². The van der Waals surface area contributed by atoms with Crippen LogP contribution in [-0.4, -0.2) is 25.3 Å². The van der Waals surface area contributed by atoms with Gasteiger partial charge in [0.05, 0.1) is 12.7 Å². The highest BCUT2D eigenvalue weighted by molar-refractivity contribution is 5.83. The van der Waals surface area contributed by atoms with Crippen molar-refractivity contribution in [3.05, 3.63) is 23.8 Å². The van der Waals surface area contributed by atoms with Gasteiger partial charge in [-0.05, 0) is 52.0 Å². The maximum Gasteiger partial charge on any atom is 0.330 e. The highest BCUT2D eigenvalue weighted by Crippen LogP contribution is 2.20. The van der Waals surface area contributed by atoms with E-state index in [-0.39, 0.29) is 11.6 Å². The van der Waals surface area contributed by atoms with E-state index in [1.807, 2.05) is 19.9 Å². The van der Waals surface area contributed by atoms with Gasteiger partial charge in [0.25, 0.3) is 0 Å². The van der Waals surface area contributed by atoms with Crippen molar-refractivity contribution in [3.8, 4) is 0 Å². The van der Waals surface area contributed by atoms with Gasteiger partial charge < -0.3 is 9.47 Å². The fraction of sp³-hybridized carbons (Fsp3) is 0.706. The van der Waals surface area contributed by atoms with Gasteiger partial charge in [0, 0.05) is 12.7 Å². The Bertz CT molecular complexity index is 340. The number of carbonyl (C=O) groups is 1. The Morgan fingerprint density at radius 2 is 2.00 bits per heavy atom. The lowest BCUT2D eigenvalue weighted by Crippen LogP contribution is -2.24. The smallest absolute Gasteiger partial charge is 0.330 e. The third-order valence-electron chi connectivity index (χ3n) is 3.21. The van der Waals surface area contributed by atoms with E-state index in [1.54, 1.807) is 0 Å². The molecule has 0 bridgehead atoms. The van der Waals surface area contributed by atoms with Crippen LogP contribution >= 0.6 is 0 Å². The van der Waals surface area contributed by atoms with Crippen molar-refractivity contribution >= 4 is 5.97 Å². The molecular formula is C17H30O3. The molecule has 0 aromatic heterocycles. The van der Waals surface area contributed by atoms with E-state index < -0.39 is 0 Å². The monoisotopic (exact) mass is 282 g/mol.